The molecule has 2 aromatic rings. The maximum atomic E-state index is 12.3. The molecule has 118 valence electrons. The SMILES string of the molecule is O=C(O[C@@H]1CCOC1=O)c1cccnc1Sc1ccccc1Cl. The smallest absolute Gasteiger partial charge is 0.347 e. The number of aromatic nitrogens is 1. The number of hydrogen-bond donors (Lipinski definition) is 0. The molecule has 1 aromatic carbocycles. The second kappa shape index (κ2) is 7.02. The average Bonchev–Trinajstić information content (AvgIpc) is 2.95. The van der Waals surface area contributed by atoms with E-state index in [1.54, 1.807) is 24.4 Å². The number of carbonyl (C=O) groups excluding carboxylic acids is 2. The number of hydrogen-bond acceptors (Lipinski definition) is 6. The summed E-state index contributed by atoms with van der Waals surface area (Å²) in [5, 5.41) is 1.04. The first-order valence-corrected chi connectivity index (χ1v) is 8.09. The summed E-state index contributed by atoms with van der Waals surface area (Å²) in [6, 6.07) is 10.5. The first kappa shape index (κ1) is 15.8. The highest BCUT2D eigenvalue weighted by Gasteiger charge is 2.31. The molecule has 0 radical (unpaired) electrons. The minimum absolute atomic E-state index is 0.269. The van der Waals surface area contributed by atoms with Crippen LogP contribution in [-0.2, 0) is 14.3 Å². The Bertz CT molecular complexity index is 752. The largest absolute Gasteiger partial charge is 0.463 e. The molecule has 3 rings (SSSR count). The second-order valence-electron chi connectivity index (χ2n) is 4.74. The second-order valence-corrected chi connectivity index (χ2v) is 6.18. The van der Waals surface area contributed by atoms with Gasteiger partial charge in [-0.15, -0.1) is 0 Å². The van der Waals surface area contributed by atoms with Crippen LogP contribution in [0.3, 0.4) is 0 Å². The minimum atomic E-state index is -0.846. The monoisotopic (exact) mass is 349 g/mol. The summed E-state index contributed by atoms with van der Waals surface area (Å²) in [5.74, 6) is -1.11. The highest BCUT2D eigenvalue weighted by Crippen LogP contribution is 2.34. The van der Waals surface area contributed by atoms with Crippen molar-refractivity contribution in [1.29, 1.82) is 0 Å². The summed E-state index contributed by atoms with van der Waals surface area (Å²) in [7, 11) is 0. The minimum Gasteiger partial charge on any atom is -0.463 e. The zero-order chi connectivity index (χ0) is 16.2. The molecule has 2 heterocycles. The third-order valence-corrected chi connectivity index (χ3v) is 4.71. The van der Waals surface area contributed by atoms with Gasteiger partial charge in [0, 0.05) is 17.5 Å². The van der Waals surface area contributed by atoms with Gasteiger partial charge in [-0.1, -0.05) is 35.5 Å². The van der Waals surface area contributed by atoms with Crippen LogP contribution in [0, 0.1) is 0 Å². The molecule has 1 fully saturated rings. The fraction of sp³-hybridized carbons (Fsp3) is 0.188. The van der Waals surface area contributed by atoms with Gasteiger partial charge < -0.3 is 9.47 Å². The predicted octanol–water partition coefficient (Wildman–Crippen LogP) is 3.36. The fourth-order valence-electron chi connectivity index (χ4n) is 2.04. The molecule has 23 heavy (non-hydrogen) atoms. The topological polar surface area (TPSA) is 65.5 Å². The van der Waals surface area contributed by atoms with Crippen LogP contribution in [0.25, 0.3) is 0 Å². The number of cyclic esters (lactones) is 1. The van der Waals surface area contributed by atoms with E-state index in [2.05, 4.69) is 4.98 Å². The number of esters is 2. The fourth-order valence-corrected chi connectivity index (χ4v) is 3.18. The number of halogens is 1. The Morgan fingerprint density at radius 2 is 2.13 bits per heavy atom. The Balaban J connectivity index is 1.81. The van der Waals surface area contributed by atoms with Crippen LogP contribution >= 0.6 is 23.4 Å². The van der Waals surface area contributed by atoms with Crippen molar-refractivity contribution in [3.05, 3.63) is 53.2 Å². The lowest BCUT2D eigenvalue weighted by Crippen LogP contribution is -2.23. The Morgan fingerprint density at radius 1 is 1.30 bits per heavy atom. The molecule has 7 heteroatoms. The van der Waals surface area contributed by atoms with Crippen molar-refractivity contribution >= 4 is 35.3 Å². The zero-order valence-electron chi connectivity index (χ0n) is 11.9. The lowest BCUT2D eigenvalue weighted by molar-refractivity contribution is -0.145. The van der Waals surface area contributed by atoms with Crippen molar-refractivity contribution in [2.24, 2.45) is 0 Å². The lowest BCUT2D eigenvalue weighted by Gasteiger charge is -2.11. The Hall–Kier alpha value is -2.05. The van der Waals surface area contributed by atoms with Crippen LogP contribution in [-0.4, -0.2) is 29.6 Å². The van der Waals surface area contributed by atoms with Gasteiger partial charge in [0.2, 0.25) is 6.10 Å². The molecule has 0 saturated carbocycles. The molecule has 0 unspecified atom stereocenters. The molecule has 0 aliphatic carbocycles. The average molecular weight is 350 g/mol. The first-order valence-electron chi connectivity index (χ1n) is 6.90. The van der Waals surface area contributed by atoms with E-state index in [1.165, 1.54) is 11.8 Å². The van der Waals surface area contributed by atoms with E-state index in [0.717, 1.165) is 4.90 Å². The number of ether oxygens (including phenoxy) is 2. The van der Waals surface area contributed by atoms with Gasteiger partial charge in [-0.3, -0.25) is 0 Å². The summed E-state index contributed by atoms with van der Waals surface area (Å²) in [4.78, 5) is 28.7. The molecule has 0 N–H and O–H groups in total. The molecule has 1 aliphatic heterocycles. The van der Waals surface area contributed by atoms with Gasteiger partial charge in [0.15, 0.2) is 0 Å². The Morgan fingerprint density at radius 3 is 2.87 bits per heavy atom. The van der Waals surface area contributed by atoms with Crippen LogP contribution < -0.4 is 0 Å². The summed E-state index contributed by atoms with van der Waals surface area (Å²) in [6.45, 7) is 0.269. The zero-order valence-corrected chi connectivity index (χ0v) is 13.5. The number of benzene rings is 1. The number of carbonyl (C=O) groups is 2. The van der Waals surface area contributed by atoms with E-state index in [9.17, 15) is 9.59 Å². The van der Waals surface area contributed by atoms with E-state index >= 15 is 0 Å². The van der Waals surface area contributed by atoms with Crippen LogP contribution in [0.15, 0.2) is 52.5 Å². The summed E-state index contributed by atoms with van der Waals surface area (Å²) in [6.07, 6.45) is 1.11. The molecule has 1 saturated heterocycles. The van der Waals surface area contributed by atoms with Crippen LogP contribution in [0.4, 0.5) is 0 Å². The van der Waals surface area contributed by atoms with Crippen LogP contribution in [0.1, 0.15) is 16.8 Å². The van der Waals surface area contributed by atoms with E-state index in [0.29, 0.717) is 16.5 Å². The van der Waals surface area contributed by atoms with E-state index in [1.807, 2.05) is 18.2 Å². The Kier molecular flexibility index (Phi) is 4.83. The summed E-state index contributed by atoms with van der Waals surface area (Å²) in [5.41, 5.74) is 0.289. The molecular weight excluding hydrogens is 338 g/mol. The normalized spacial score (nSPS) is 16.9. The molecule has 1 atom stereocenters. The number of pyridine rings is 1. The van der Waals surface area contributed by atoms with Gasteiger partial charge >= 0.3 is 11.9 Å². The highest BCUT2D eigenvalue weighted by molar-refractivity contribution is 7.99. The van der Waals surface area contributed by atoms with Crippen molar-refractivity contribution in [2.45, 2.75) is 22.4 Å². The maximum Gasteiger partial charge on any atom is 0.347 e. The molecule has 0 bridgehead atoms. The molecule has 5 nitrogen and oxygen atoms in total. The predicted molar refractivity (Wildman–Crippen MR) is 84.6 cm³/mol. The van der Waals surface area contributed by atoms with Gasteiger partial charge in [0.1, 0.15) is 5.03 Å². The highest BCUT2D eigenvalue weighted by atomic mass is 35.5. The van der Waals surface area contributed by atoms with E-state index in [-0.39, 0.29) is 12.2 Å². The molecule has 0 spiro atoms. The van der Waals surface area contributed by atoms with Crippen molar-refractivity contribution in [3.63, 3.8) is 0 Å². The molecule has 1 aromatic heterocycles. The third-order valence-electron chi connectivity index (χ3n) is 3.17. The van der Waals surface area contributed by atoms with Crippen LogP contribution in [0.5, 0.6) is 0 Å². The maximum absolute atomic E-state index is 12.3. The molecule has 1 aliphatic rings. The van der Waals surface area contributed by atoms with Gasteiger partial charge in [0.25, 0.3) is 0 Å². The Labute approximate surface area is 142 Å². The third kappa shape index (κ3) is 3.65. The van der Waals surface area contributed by atoms with E-state index < -0.39 is 18.0 Å². The van der Waals surface area contributed by atoms with Crippen molar-refractivity contribution in [1.82, 2.24) is 4.98 Å². The lowest BCUT2D eigenvalue weighted by atomic mass is 10.2. The number of nitrogens with zero attached hydrogens (tertiary/aromatic N) is 1. The standard InChI is InChI=1S/C16H12ClNO4S/c17-11-5-1-2-6-13(11)23-14-10(4-3-8-18-14)15(19)22-12-7-9-21-16(12)20/h1-6,8,12H,7,9H2/t12-/m1/s1. The van der Waals surface area contributed by atoms with Crippen molar-refractivity contribution in [2.75, 3.05) is 6.61 Å². The quantitative estimate of drug-likeness (QED) is 0.788. The molecular formula is C16H12ClNO4S. The van der Waals surface area contributed by atoms with Crippen molar-refractivity contribution in [3.8, 4) is 0 Å². The van der Waals surface area contributed by atoms with Gasteiger partial charge in [0.05, 0.1) is 17.2 Å². The number of rotatable bonds is 4. The van der Waals surface area contributed by atoms with Crippen molar-refractivity contribution < 1.29 is 19.1 Å². The van der Waals surface area contributed by atoms with Gasteiger partial charge in [-0.25, -0.2) is 14.6 Å². The summed E-state index contributed by atoms with van der Waals surface area (Å²) < 4.78 is 10.0. The van der Waals surface area contributed by atoms with Gasteiger partial charge in [-0.2, -0.15) is 0 Å². The first-order chi connectivity index (χ1) is 11.1. The molecule has 0 amide bonds. The van der Waals surface area contributed by atoms with E-state index in [4.69, 9.17) is 21.1 Å². The van der Waals surface area contributed by atoms with Gasteiger partial charge in [-0.05, 0) is 24.3 Å². The summed E-state index contributed by atoms with van der Waals surface area (Å²) >= 11 is 7.40. The van der Waals surface area contributed by atoms with Crippen LogP contribution in [0.2, 0.25) is 5.02 Å².